The monoisotopic (exact) mass is 335 g/mol. The first-order valence-corrected chi connectivity index (χ1v) is 7.49. The molecule has 0 spiro atoms. The molecule has 2 N–H and O–H groups in total. The van der Waals surface area contributed by atoms with Gasteiger partial charge in [0.1, 0.15) is 0 Å². The van der Waals surface area contributed by atoms with Gasteiger partial charge in [0.25, 0.3) is 0 Å². The highest BCUT2D eigenvalue weighted by molar-refractivity contribution is 5.69. The second kappa shape index (κ2) is 8.86. The molecule has 130 valence electrons. The van der Waals surface area contributed by atoms with Crippen LogP contribution in [0.4, 0.5) is 17.6 Å². The largest absolute Gasteiger partial charge is 0.431 e. The highest BCUT2D eigenvalue weighted by Gasteiger charge is 2.34. The zero-order valence-electron chi connectivity index (χ0n) is 12.9. The van der Waals surface area contributed by atoms with Gasteiger partial charge in [0.05, 0.1) is 5.56 Å². The first kappa shape index (κ1) is 19.4. The standard InChI is InChI=1S/C16H21F4NO2/c1-2-5-14(17)23-15(22)9-8-11(10-21)12-6-3-4-7-13(12)16(18,19)20/h3-4,6-7,11,14H,2,5,8-10,21H2,1H3. The lowest BCUT2D eigenvalue weighted by Crippen LogP contribution is -2.20. The smallest absolute Gasteiger partial charge is 0.416 e. The molecule has 23 heavy (non-hydrogen) atoms. The molecule has 0 saturated carbocycles. The maximum atomic E-state index is 13.2. The Morgan fingerprint density at radius 1 is 1.26 bits per heavy atom. The summed E-state index contributed by atoms with van der Waals surface area (Å²) in [5.41, 5.74) is 4.84. The van der Waals surface area contributed by atoms with Gasteiger partial charge in [-0.15, -0.1) is 0 Å². The number of ether oxygens (including phenoxy) is 1. The van der Waals surface area contributed by atoms with Gasteiger partial charge in [-0.2, -0.15) is 13.2 Å². The minimum atomic E-state index is -4.49. The van der Waals surface area contributed by atoms with Gasteiger partial charge in [-0.1, -0.05) is 25.1 Å². The van der Waals surface area contributed by atoms with E-state index < -0.39 is 30.0 Å². The highest BCUT2D eigenvalue weighted by Crippen LogP contribution is 2.36. The van der Waals surface area contributed by atoms with Crippen LogP contribution >= 0.6 is 0 Å². The van der Waals surface area contributed by atoms with Crippen LogP contribution in [-0.2, 0) is 15.7 Å². The topological polar surface area (TPSA) is 52.3 Å². The van der Waals surface area contributed by atoms with Gasteiger partial charge in [0.2, 0.25) is 6.36 Å². The van der Waals surface area contributed by atoms with Crippen LogP contribution in [0.2, 0.25) is 0 Å². The van der Waals surface area contributed by atoms with E-state index in [0.717, 1.165) is 6.07 Å². The molecular formula is C16H21F4NO2. The van der Waals surface area contributed by atoms with Crippen molar-refractivity contribution in [3.8, 4) is 0 Å². The van der Waals surface area contributed by atoms with Crippen molar-refractivity contribution in [3.05, 3.63) is 35.4 Å². The summed E-state index contributed by atoms with van der Waals surface area (Å²) in [6, 6.07) is 5.12. The molecule has 0 aliphatic carbocycles. The molecule has 2 atom stereocenters. The number of carbonyl (C=O) groups is 1. The SMILES string of the molecule is CCCC(F)OC(=O)CCC(CN)c1ccccc1C(F)(F)F. The Bertz CT molecular complexity index is 505. The van der Waals surface area contributed by atoms with E-state index in [-0.39, 0.29) is 31.4 Å². The summed E-state index contributed by atoms with van der Waals surface area (Å²) in [6.07, 6.45) is -5.65. The second-order valence-electron chi connectivity index (χ2n) is 5.24. The van der Waals surface area contributed by atoms with Gasteiger partial charge in [0, 0.05) is 12.8 Å². The van der Waals surface area contributed by atoms with E-state index in [1.165, 1.54) is 18.2 Å². The summed E-state index contributed by atoms with van der Waals surface area (Å²) >= 11 is 0. The zero-order valence-corrected chi connectivity index (χ0v) is 12.9. The molecule has 0 aliphatic rings. The van der Waals surface area contributed by atoms with Gasteiger partial charge in [-0.25, -0.2) is 4.39 Å². The van der Waals surface area contributed by atoms with Crippen LogP contribution in [-0.4, -0.2) is 18.9 Å². The molecule has 0 amide bonds. The molecule has 1 aromatic rings. The Hall–Kier alpha value is -1.63. The van der Waals surface area contributed by atoms with Crippen LogP contribution < -0.4 is 5.73 Å². The van der Waals surface area contributed by atoms with E-state index in [1.807, 2.05) is 0 Å². The van der Waals surface area contributed by atoms with Gasteiger partial charge in [-0.3, -0.25) is 4.79 Å². The Kier molecular flexibility index (Phi) is 7.48. The number of hydrogen-bond donors (Lipinski definition) is 1. The summed E-state index contributed by atoms with van der Waals surface area (Å²) in [4.78, 5) is 11.5. The van der Waals surface area contributed by atoms with Crippen LogP contribution in [0.25, 0.3) is 0 Å². The van der Waals surface area contributed by atoms with Crippen molar-refractivity contribution in [2.75, 3.05) is 6.54 Å². The average Bonchev–Trinajstić information content (AvgIpc) is 2.47. The normalized spacial score (nSPS) is 14.3. The van der Waals surface area contributed by atoms with Gasteiger partial charge in [-0.05, 0) is 36.9 Å². The minimum absolute atomic E-state index is 0.0423. The third-order valence-corrected chi connectivity index (χ3v) is 3.46. The van der Waals surface area contributed by atoms with E-state index in [1.54, 1.807) is 6.92 Å². The lowest BCUT2D eigenvalue weighted by molar-refractivity contribution is -0.158. The summed E-state index contributed by atoms with van der Waals surface area (Å²) in [7, 11) is 0. The van der Waals surface area contributed by atoms with Gasteiger partial charge >= 0.3 is 12.1 Å². The first-order valence-electron chi connectivity index (χ1n) is 7.49. The van der Waals surface area contributed by atoms with Gasteiger partial charge in [0.15, 0.2) is 0 Å². The highest BCUT2D eigenvalue weighted by atomic mass is 19.4. The summed E-state index contributed by atoms with van der Waals surface area (Å²) < 4.78 is 56.8. The van der Waals surface area contributed by atoms with Crippen molar-refractivity contribution in [3.63, 3.8) is 0 Å². The number of esters is 1. The van der Waals surface area contributed by atoms with E-state index in [0.29, 0.717) is 6.42 Å². The first-order chi connectivity index (χ1) is 10.8. The fourth-order valence-electron chi connectivity index (χ4n) is 2.29. The zero-order chi connectivity index (χ0) is 17.5. The Morgan fingerprint density at radius 2 is 1.91 bits per heavy atom. The maximum Gasteiger partial charge on any atom is 0.416 e. The van der Waals surface area contributed by atoms with Crippen LogP contribution in [0, 0.1) is 0 Å². The number of alkyl halides is 4. The van der Waals surface area contributed by atoms with Crippen molar-refractivity contribution in [2.24, 2.45) is 5.73 Å². The molecular weight excluding hydrogens is 314 g/mol. The summed E-state index contributed by atoms with van der Waals surface area (Å²) in [6.45, 7) is 1.70. The molecule has 1 aromatic carbocycles. The molecule has 0 fully saturated rings. The number of hydrogen-bond acceptors (Lipinski definition) is 3. The predicted molar refractivity (Wildman–Crippen MR) is 78.4 cm³/mol. The molecule has 1 rings (SSSR count). The maximum absolute atomic E-state index is 13.2. The molecule has 0 bridgehead atoms. The predicted octanol–water partition coefficient (Wildman–Crippen LogP) is 4.17. The lowest BCUT2D eigenvalue weighted by Gasteiger charge is -2.20. The number of benzene rings is 1. The Balaban J connectivity index is 2.74. The molecule has 0 saturated heterocycles. The van der Waals surface area contributed by atoms with E-state index in [2.05, 4.69) is 4.74 Å². The van der Waals surface area contributed by atoms with Crippen LogP contribution in [0.5, 0.6) is 0 Å². The van der Waals surface area contributed by atoms with Crippen molar-refractivity contribution < 1.29 is 27.1 Å². The summed E-state index contributed by atoms with van der Waals surface area (Å²) in [5, 5.41) is 0. The molecule has 3 nitrogen and oxygen atoms in total. The van der Waals surface area contributed by atoms with Crippen LogP contribution in [0.15, 0.2) is 24.3 Å². The Morgan fingerprint density at radius 3 is 2.48 bits per heavy atom. The quantitative estimate of drug-likeness (QED) is 0.573. The molecule has 7 heteroatoms. The van der Waals surface area contributed by atoms with E-state index in [4.69, 9.17) is 5.73 Å². The van der Waals surface area contributed by atoms with E-state index >= 15 is 0 Å². The number of rotatable bonds is 8. The van der Waals surface area contributed by atoms with Crippen LogP contribution in [0.3, 0.4) is 0 Å². The third kappa shape index (κ3) is 6.17. The molecule has 2 unspecified atom stereocenters. The van der Waals surface area contributed by atoms with Crippen molar-refractivity contribution in [2.45, 2.75) is 51.1 Å². The fourth-order valence-corrected chi connectivity index (χ4v) is 2.29. The van der Waals surface area contributed by atoms with Gasteiger partial charge < -0.3 is 10.5 Å². The minimum Gasteiger partial charge on any atom is -0.431 e. The Labute approximate surface area is 132 Å². The number of carbonyl (C=O) groups excluding carboxylic acids is 1. The molecule has 0 radical (unpaired) electrons. The fraction of sp³-hybridized carbons (Fsp3) is 0.562. The molecule has 0 aromatic heterocycles. The number of halogens is 4. The van der Waals surface area contributed by atoms with Crippen molar-refractivity contribution in [1.29, 1.82) is 0 Å². The second-order valence-corrected chi connectivity index (χ2v) is 5.24. The van der Waals surface area contributed by atoms with Crippen molar-refractivity contribution >= 4 is 5.97 Å². The number of nitrogens with two attached hydrogens (primary N) is 1. The average molecular weight is 335 g/mol. The molecule has 0 heterocycles. The third-order valence-electron chi connectivity index (χ3n) is 3.46. The molecule has 0 aliphatic heterocycles. The lowest BCUT2D eigenvalue weighted by atomic mass is 9.90. The summed E-state index contributed by atoms with van der Waals surface area (Å²) in [5.74, 6) is -1.42. The van der Waals surface area contributed by atoms with Crippen LogP contribution in [0.1, 0.15) is 49.7 Å². The van der Waals surface area contributed by atoms with E-state index in [9.17, 15) is 22.4 Å². The van der Waals surface area contributed by atoms with Crippen molar-refractivity contribution in [1.82, 2.24) is 0 Å².